The number of hydrogen-bond acceptors (Lipinski definition) is 2. The molecule has 0 N–H and O–H groups in total. The van der Waals surface area contributed by atoms with E-state index >= 15 is 0 Å². The van der Waals surface area contributed by atoms with Gasteiger partial charge in [-0.3, -0.25) is 0 Å². The van der Waals surface area contributed by atoms with Gasteiger partial charge in [0.2, 0.25) is 5.29 Å². The summed E-state index contributed by atoms with van der Waals surface area (Å²) in [5.41, 5.74) is 5.77. The standard InChI is InChI=1S/C20H15ClN2/c21-20-22-14-18(19-8-4-5-13-23(19)20)17-11-9-16(10-12-17)15-6-2-1-3-7-15/h1-12,14H,13H2. The van der Waals surface area contributed by atoms with E-state index < -0.39 is 0 Å². The molecule has 0 bridgehead atoms. The Morgan fingerprint density at radius 2 is 1.57 bits per heavy atom. The van der Waals surface area contributed by atoms with E-state index in [1.807, 2.05) is 17.2 Å². The van der Waals surface area contributed by atoms with Crippen molar-refractivity contribution < 1.29 is 0 Å². The molecule has 0 aliphatic carbocycles. The molecule has 2 nitrogen and oxygen atoms in total. The average molecular weight is 319 g/mol. The van der Waals surface area contributed by atoms with E-state index in [1.54, 1.807) is 0 Å². The SMILES string of the molecule is ClC1=NC=C(c2ccc(-c3ccccc3)cc2)C2=CC=CCN21. The largest absolute Gasteiger partial charge is 0.312 e. The van der Waals surface area contributed by atoms with Crippen molar-refractivity contribution in [3.05, 3.63) is 90.3 Å². The molecule has 0 fully saturated rings. The van der Waals surface area contributed by atoms with Gasteiger partial charge in [0.1, 0.15) is 0 Å². The van der Waals surface area contributed by atoms with Crippen molar-refractivity contribution in [3.63, 3.8) is 0 Å². The summed E-state index contributed by atoms with van der Waals surface area (Å²) < 4.78 is 0. The number of amidine groups is 1. The van der Waals surface area contributed by atoms with E-state index in [2.05, 4.69) is 71.8 Å². The van der Waals surface area contributed by atoms with Gasteiger partial charge in [-0.05, 0) is 34.4 Å². The maximum Gasteiger partial charge on any atom is 0.203 e. The first-order chi connectivity index (χ1) is 11.3. The van der Waals surface area contributed by atoms with Crippen molar-refractivity contribution in [2.45, 2.75) is 0 Å². The van der Waals surface area contributed by atoms with Crippen LogP contribution in [0.2, 0.25) is 0 Å². The molecule has 112 valence electrons. The van der Waals surface area contributed by atoms with Crippen molar-refractivity contribution in [1.29, 1.82) is 0 Å². The maximum absolute atomic E-state index is 6.20. The van der Waals surface area contributed by atoms with Gasteiger partial charge in [-0.2, -0.15) is 0 Å². The van der Waals surface area contributed by atoms with Crippen molar-refractivity contribution in [2.24, 2.45) is 4.99 Å². The predicted molar refractivity (Wildman–Crippen MR) is 97.1 cm³/mol. The van der Waals surface area contributed by atoms with Gasteiger partial charge in [-0.1, -0.05) is 66.7 Å². The van der Waals surface area contributed by atoms with Crippen LogP contribution in [0.1, 0.15) is 5.56 Å². The summed E-state index contributed by atoms with van der Waals surface area (Å²) in [5.74, 6) is 0. The summed E-state index contributed by atoms with van der Waals surface area (Å²) >= 11 is 6.20. The van der Waals surface area contributed by atoms with Crippen LogP contribution in [0, 0.1) is 0 Å². The van der Waals surface area contributed by atoms with Crippen LogP contribution in [0.15, 0.2) is 89.7 Å². The Balaban J connectivity index is 1.71. The minimum absolute atomic E-state index is 0.519. The molecule has 2 aromatic rings. The number of hydrogen-bond donors (Lipinski definition) is 0. The molecule has 0 saturated carbocycles. The molecule has 3 heteroatoms. The molecule has 2 aromatic carbocycles. The van der Waals surface area contributed by atoms with Crippen molar-refractivity contribution in [2.75, 3.05) is 6.54 Å². The molecule has 2 aliphatic heterocycles. The van der Waals surface area contributed by atoms with E-state index in [1.165, 1.54) is 11.1 Å². The molecule has 2 heterocycles. The first kappa shape index (κ1) is 14.0. The number of nitrogens with zero attached hydrogens (tertiary/aromatic N) is 2. The van der Waals surface area contributed by atoms with Crippen LogP contribution in [0.5, 0.6) is 0 Å². The molecule has 0 radical (unpaired) electrons. The molecule has 0 unspecified atom stereocenters. The van der Waals surface area contributed by atoms with Gasteiger partial charge in [-0.25, -0.2) is 4.99 Å². The molecule has 0 aromatic heterocycles. The van der Waals surface area contributed by atoms with Crippen LogP contribution < -0.4 is 0 Å². The van der Waals surface area contributed by atoms with Crippen LogP contribution in [-0.4, -0.2) is 16.7 Å². The van der Waals surface area contributed by atoms with Gasteiger partial charge in [0.25, 0.3) is 0 Å². The summed E-state index contributed by atoms with van der Waals surface area (Å²) in [7, 11) is 0. The second-order valence-electron chi connectivity index (χ2n) is 5.47. The molecule has 0 amide bonds. The first-order valence-electron chi connectivity index (χ1n) is 7.57. The number of benzene rings is 2. The van der Waals surface area contributed by atoms with Crippen LogP contribution in [-0.2, 0) is 0 Å². The predicted octanol–water partition coefficient (Wildman–Crippen LogP) is 5.06. The Kier molecular flexibility index (Phi) is 3.60. The fourth-order valence-electron chi connectivity index (χ4n) is 2.87. The summed E-state index contributed by atoms with van der Waals surface area (Å²) in [6, 6.07) is 19.0. The summed E-state index contributed by atoms with van der Waals surface area (Å²) in [4.78, 5) is 6.34. The lowest BCUT2D eigenvalue weighted by Gasteiger charge is -2.30. The van der Waals surface area contributed by atoms with Crippen molar-refractivity contribution >= 4 is 22.5 Å². The molecule has 0 spiro atoms. The Morgan fingerprint density at radius 3 is 2.35 bits per heavy atom. The monoisotopic (exact) mass is 318 g/mol. The molecular weight excluding hydrogens is 304 g/mol. The maximum atomic E-state index is 6.20. The van der Waals surface area contributed by atoms with Gasteiger partial charge in [0.05, 0.1) is 5.70 Å². The van der Waals surface area contributed by atoms with Gasteiger partial charge in [0.15, 0.2) is 0 Å². The minimum Gasteiger partial charge on any atom is -0.312 e. The van der Waals surface area contributed by atoms with Crippen LogP contribution in [0.4, 0.5) is 0 Å². The highest BCUT2D eigenvalue weighted by Crippen LogP contribution is 2.33. The normalized spacial score (nSPS) is 16.4. The zero-order valence-corrected chi connectivity index (χ0v) is 13.2. The van der Waals surface area contributed by atoms with Crippen molar-refractivity contribution in [3.8, 4) is 11.1 Å². The first-order valence-corrected chi connectivity index (χ1v) is 7.95. The molecule has 23 heavy (non-hydrogen) atoms. The number of aliphatic imine (C=N–C) groups is 1. The third kappa shape index (κ3) is 2.62. The Labute approximate surface area is 140 Å². The molecule has 0 saturated heterocycles. The fraction of sp³-hybridized carbons (Fsp3) is 0.0500. The van der Waals surface area contributed by atoms with Gasteiger partial charge >= 0.3 is 0 Å². The van der Waals surface area contributed by atoms with E-state index in [9.17, 15) is 0 Å². The summed E-state index contributed by atoms with van der Waals surface area (Å²) in [6.45, 7) is 0.758. The highest BCUT2D eigenvalue weighted by molar-refractivity contribution is 6.65. The lowest BCUT2D eigenvalue weighted by Crippen LogP contribution is -2.30. The average Bonchev–Trinajstić information content (AvgIpc) is 2.63. The Bertz CT molecular complexity index is 843. The number of allylic oxidation sites excluding steroid dienone is 3. The summed E-state index contributed by atoms with van der Waals surface area (Å²) in [5, 5.41) is 0.519. The smallest absolute Gasteiger partial charge is 0.203 e. The van der Waals surface area contributed by atoms with Crippen LogP contribution in [0.3, 0.4) is 0 Å². The zero-order chi connectivity index (χ0) is 15.6. The number of halogens is 1. The second-order valence-corrected chi connectivity index (χ2v) is 5.81. The van der Waals surface area contributed by atoms with E-state index in [4.69, 9.17) is 11.6 Å². The fourth-order valence-corrected chi connectivity index (χ4v) is 3.08. The Hall–Kier alpha value is -2.58. The van der Waals surface area contributed by atoms with Crippen LogP contribution in [0.25, 0.3) is 16.7 Å². The number of fused-ring (bicyclic) bond motifs is 1. The molecule has 4 rings (SSSR count). The Morgan fingerprint density at radius 1 is 0.870 bits per heavy atom. The molecule has 2 aliphatic rings. The van der Waals surface area contributed by atoms with Gasteiger partial charge in [0, 0.05) is 18.3 Å². The molecular formula is C20H15ClN2. The van der Waals surface area contributed by atoms with E-state index in [0.29, 0.717) is 5.29 Å². The lowest BCUT2D eigenvalue weighted by molar-refractivity contribution is 0.591. The third-order valence-corrected chi connectivity index (χ3v) is 4.37. The van der Waals surface area contributed by atoms with Crippen LogP contribution >= 0.6 is 11.6 Å². The quantitative estimate of drug-likeness (QED) is 0.707. The minimum atomic E-state index is 0.519. The second kappa shape index (κ2) is 5.90. The third-order valence-electron chi connectivity index (χ3n) is 4.07. The highest BCUT2D eigenvalue weighted by Gasteiger charge is 2.22. The van der Waals surface area contributed by atoms with E-state index in [-0.39, 0.29) is 0 Å². The topological polar surface area (TPSA) is 15.6 Å². The van der Waals surface area contributed by atoms with Crippen molar-refractivity contribution in [1.82, 2.24) is 4.90 Å². The van der Waals surface area contributed by atoms with Gasteiger partial charge in [-0.15, -0.1) is 0 Å². The number of rotatable bonds is 2. The van der Waals surface area contributed by atoms with E-state index in [0.717, 1.165) is 23.4 Å². The highest BCUT2D eigenvalue weighted by atomic mass is 35.5. The lowest BCUT2D eigenvalue weighted by atomic mass is 9.97. The molecule has 0 atom stereocenters. The zero-order valence-electron chi connectivity index (χ0n) is 12.5. The van der Waals surface area contributed by atoms with Gasteiger partial charge < -0.3 is 4.90 Å². The summed E-state index contributed by atoms with van der Waals surface area (Å²) in [6.07, 6.45) is 8.06.